The first-order valence-corrected chi connectivity index (χ1v) is 17.4. The molecule has 3 aromatic rings. The molecule has 0 unspecified atom stereocenters. The highest BCUT2D eigenvalue weighted by Gasteiger charge is 2.49. The summed E-state index contributed by atoms with van der Waals surface area (Å²) in [5.74, 6) is -2.95. The van der Waals surface area contributed by atoms with Gasteiger partial charge in [0.05, 0.1) is 11.8 Å². The van der Waals surface area contributed by atoms with Crippen molar-refractivity contribution < 1.29 is 33.8 Å². The maximum Gasteiger partial charge on any atom is 0.408 e. The third kappa shape index (κ3) is 9.05. The van der Waals surface area contributed by atoms with Crippen LogP contribution in [0.4, 0.5) is 10.5 Å². The molecule has 7 atom stereocenters. The number of carboxylic acids is 1. The van der Waals surface area contributed by atoms with Crippen LogP contribution in [0.5, 0.6) is 0 Å². The molecule has 268 valence electrons. The molecule has 0 bridgehead atoms. The van der Waals surface area contributed by atoms with Crippen molar-refractivity contribution >= 4 is 35.5 Å². The molecule has 0 aromatic heterocycles. The number of ether oxygens (including phenoxy) is 1. The molecule has 3 aliphatic rings. The van der Waals surface area contributed by atoms with E-state index in [0.29, 0.717) is 11.3 Å². The Morgan fingerprint density at radius 3 is 1.71 bits per heavy atom. The second-order valence-corrected chi connectivity index (χ2v) is 14.7. The van der Waals surface area contributed by atoms with Gasteiger partial charge < -0.3 is 36.0 Å². The van der Waals surface area contributed by atoms with Crippen LogP contribution in [0, 0.1) is 11.8 Å². The van der Waals surface area contributed by atoms with E-state index in [1.54, 1.807) is 49.9 Å². The average molecular weight is 696 g/mol. The number of hydrogen-bond donors (Lipinski definition) is 5. The van der Waals surface area contributed by atoms with Crippen molar-refractivity contribution in [3.8, 4) is 0 Å². The van der Waals surface area contributed by atoms with E-state index in [4.69, 9.17) is 4.74 Å². The zero-order valence-electron chi connectivity index (χ0n) is 29.0. The van der Waals surface area contributed by atoms with Crippen molar-refractivity contribution in [3.05, 3.63) is 102 Å². The fourth-order valence-electron chi connectivity index (χ4n) is 6.71. The quantitative estimate of drug-likeness (QED) is 0.189. The van der Waals surface area contributed by atoms with E-state index >= 15 is 0 Å². The molecule has 51 heavy (non-hydrogen) atoms. The normalized spacial score (nSPS) is 24.1. The summed E-state index contributed by atoms with van der Waals surface area (Å²) in [5, 5.41) is 21.2. The Labute approximate surface area is 297 Å². The van der Waals surface area contributed by atoms with Crippen LogP contribution >= 0.6 is 0 Å². The van der Waals surface area contributed by atoms with E-state index in [1.807, 2.05) is 60.7 Å². The molecule has 1 heterocycles. The summed E-state index contributed by atoms with van der Waals surface area (Å²) >= 11 is 0. The maximum absolute atomic E-state index is 13.7. The lowest BCUT2D eigenvalue weighted by Gasteiger charge is -2.22. The highest BCUT2D eigenvalue weighted by Crippen LogP contribution is 2.42. The fraction of sp³-hybridized carbons (Fsp3) is 0.410. The maximum atomic E-state index is 13.7. The minimum absolute atomic E-state index is 0.0145. The summed E-state index contributed by atoms with van der Waals surface area (Å²) in [7, 11) is 0. The van der Waals surface area contributed by atoms with Crippen molar-refractivity contribution in [2.75, 3.05) is 25.0 Å². The molecule has 1 saturated heterocycles. The Bertz CT molecular complexity index is 1670. The predicted octanol–water partition coefficient (Wildman–Crippen LogP) is 4.11. The van der Waals surface area contributed by atoms with Gasteiger partial charge in [-0.25, -0.2) is 9.59 Å². The minimum atomic E-state index is -1.26. The van der Waals surface area contributed by atoms with Gasteiger partial charge in [0, 0.05) is 54.8 Å². The molecular formula is C39H45N5O7. The Hall–Kier alpha value is -5.39. The first kappa shape index (κ1) is 35.4. The van der Waals surface area contributed by atoms with Crippen molar-refractivity contribution in [3.63, 3.8) is 0 Å². The summed E-state index contributed by atoms with van der Waals surface area (Å²) in [4.78, 5) is 66.6. The number of rotatable bonds is 12. The standard InChI is InChI=1S/C39H45N5O7/c1-39(2,3)51-38(50)43-33(37(48)49)20-40-26-16-14-25(15-17-26)36(47)44-21-29(34(45)41-31-18-27(31)23-10-6-4-7-11-23)30(22-44)35(46)42-32-19-28(32)24-12-8-5-9-13-24/h4-17,27-33,40H,18-22H2,1-3H3,(H,41,45)(H,42,46)(H,43,50)(H,48,49)/t27-,28-,29-,30-,31+,32+,33+/m1/s1. The molecule has 3 fully saturated rings. The van der Waals surface area contributed by atoms with Crippen molar-refractivity contribution in [1.82, 2.24) is 20.9 Å². The topological polar surface area (TPSA) is 166 Å². The Kier molecular flexibility index (Phi) is 10.3. The Balaban J connectivity index is 1.09. The predicted molar refractivity (Wildman–Crippen MR) is 190 cm³/mol. The van der Waals surface area contributed by atoms with Crippen LogP contribution in [-0.2, 0) is 19.1 Å². The molecule has 12 heteroatoms. The van der Waals surface area contributed by atoms with Crippen LogP contribution in [-0.4, -0.2) is 83.2 Å². The first-order valence-electron chi connectivity index (χ1n) is 17.4. The minimum Gasteiger partial charge on any atom is -0.480 e. The number of nitrogens with one attached hydrogen (secondary N) is 4. The lowest BCUT2D eigenvalue weighted by Crippen LogP contribution is -2.47. The Morgan fingerprint density at radius 2 is 1.25 bits per heavy atom. The van der Waals surface area contributed by atoms with Crippen LogP contribution < -0.4 is 21.3 Å². The molecule has 4 amide bonds. The summed E-state index contributed by atoms with van der Waals surface area (Å²) in [6.07, 6.45) is 0.810. The number of carbonyl (C=O) groups is 5. The number of benzene rings is 3. The third-order valence-electron chi connectivity index (χ3n) is 9.60. The summed E-state index contributed by atoms with van der Waals surface area (Å²) < 4.78 is 5.16. The smallest absolute Gasteiger partial charge is 0.408 e. The summed E-state index contributed by atoms with van der Waals surface area (Å²) in [6, 6.07) is 25.2. The molecule has 12 nitrogen and oxygen atoms in total. The van der Waals surface area contributed by atoms with E-state index < -0.39 is 35.5 Å². The van der Waals surface area contributed by atoms with Gasteiger partial charge in [-0.3, -0.25) is 14.4 Å². The van der Waals surface area contributed by atoms with Gasteiger partial charge in [-0.05, 0) is 69.0 Å². The molecular weight excluding hydrogens is 650 g/mol. The van der Waals surface area contributed by atoms with Gasteiger partial charge in [0.15, 0.2) is 0 Å². The van der Waals surface area contributed by atoms with Gasteiger partial charge in [-0.15, -0.1) is 0 Å². The molecule has 1 aliphatic heterocycles. The molecule has 5 N–H and O–H groups in total. The van der Waals surface area contributed by atoms with Crippen LogP contribution in [0.1, 0.15) is 66.9 Å². The lowest BCUT2D eigenvalue weighted by atomic mass is 9.94. The largest absolute Gasteiger partial charge is 0.480 e. The lowest BCUT2D eigenvalue weighted by molar-refractivity contribution is -0.139. The number of amides is 4. The average Bonchev–Trinajstić information content (AvgIpc) is 4.01. The second kappa shape index (κ2) is 14.8. The number of carboxylic acid groups (broad SMARTS) is 1. The zero-order valence-corrected chi connectivity index (χ0v) is 29.0. The van der Waals surface area contributed by atoms with Crippen LogP contribution in [0.2, 0.25) is 0 Å². The highest BCUT2D eigenvalue weighted by atomic mass is 16.6. The van der Waals surface area contributed by atoms with E-state index in [2.05, 4.69) is 21.3 Å². The molecule has 2 aliphatic carbocycles. The van der Waals surface area contributed by atoms with Gasteiger partial charge >= 0.3 is 12.1 Å². The number of alkyl carbamates (subject to hydrolysis) is 1. The van der Waals surface area contributed by atoms with E-state index in [0.717, 1.165) is 24.0 Å². The van der Waals surface area contributed by atoms with E-state index in [9.17, 15) is 29.1 Å². The van der Waals surface area contributed by atoms with E-state index in [-0.39, 0.29) is 61.3 Å². The Morgan fingerprint density at radius 1 is 0.765 bits per heavy atom. The van der Waals surface area contributed by atoms with Gasteiger partial charge in [0.2, 0.25) is 11.8 Å². The number of carbonyl (C=O) groups excluding carboxylic acids is 4. The molecule has 6 rings (SSSR count). The number of anilines is 1. The van der Waals surface area contributed by atoms with Gasteiger partial charge in [0.25, 0.3) is 5.91 Å². The SMILES string of the molecule is CC(C)(C)OC(=O)N[C@@H](CNc1ccc(C(=O)N2C[C@@H](C(=O)N[C@H]3C[C@@H]3c3ccccc3)[C@H](C(=O)N[C@H]3C[C@@H]3c3ccccc3)C2)cc1)C(=O)O. The molecule has 2 saturated carbocycles. The molecule has 0 spiro atoms. The van der Waals surface area contributed by atoms with Crippen molar-refractivity contribution in [2.45, 2.75) is 69.2 Å². The van der Waals surface area contributed by atoms with Gasteiger partial charge in [-0.2, -0.15) is 0 Å². The van der Waals surface area contributed by atoms with Crippen LogP contribution in [0.25, 0.3) is 0 Å². The number of hydrogen-bond acceptors (Lipinski definition) is 7. The highest BCUT2D eigenvalue weighted by molar-refractivity contribution is 5.97. The van der Waals surface area contributed by atoms with Crippen molar-refractivity contribution in [2.24, 2.45) is 11.8 Å². The first-order chi connectivity index (χ1) is 24.4. The molecule has 3 aromatic carbocycles. The summed E-state index contributed by atoms with van der Waals surface area (Å²) in [5.41, 5.74) is 2.44. The van der Waals surface area contributed by atoms with E-state index in [1.165, 1.54) is 0 Å². The second-order valence-electron chi connectivity index (χ2n) is 14.7. The number of likely N-dealkylation sites (tertiary alicyclic amines) is 1. The van der Waals surface area contributed by atoms with Gasteiger partial charge in [-0.1, -0.05) is 60.7 Å². The van der Waals surface area contributed by atoms with Crippen molar-refractivity contribution in [1.29, 1.82) is 0 Å². The third-order valence-corrected chi connectivity index (χ3v) is 9.60. The number of nitrogens with zero attached hydrogens (tertiary/aromatic N) is 1. The summed E-state index contributed by atoms with van der Waals surface area (Å²) in [6.45, 7) is 5.13. The van der Waals surface area contributed by atoms with Gasteiger partial charge in [0.1, 0.15) is 11.6 Å². The van der Waals surface area contributed by atoms with Crippen LogP contribution in [0.15, 0.2) is 84.9 Å². The zero-order chi connectivity index (χ0) is 36.3. The monoisotopic (exact) mass is 695 g/mol. The number of aliphatic carboxylic acids is 1. The molecule has 0 radical (unpaired) electrons. The fourth-order valence-corrected chi connectivity index (χ4v) is 6.71. The van der Waals surface area contributed by atoms with Crippen LogP contribution in [0.3, 0.4) is 0 Å².